The lowest BCUT2D eigenvalue weighted by molar-refractivity contribution is 0.207. The quantitative estimate of drug-likeness (QED) is 0.891. The molecule has 1 aliphatic carbocycles. The summed E-state index contributed by atoms with van der Waals surface area (Å²) in [6.07, 6.45) is 7.81. The molecule has 2 aromatic rings. The van der Waals surface area contributed by atoms with Crippen molar-refractivity contribution in [2.75, 3.05) is 25.0 Å². The number of rotatable bonds is 5. The van der Waals surface area contributed by atoms with Crippen LogP contribution < -0.4 is 5.32 Å². The van der Waals surface area contributed by atoms with Crippen LogP contribution in [0.25, 0.3) is 0 Å². The summed E-state index contributed by atoms with van der Waals surface area (Å²) in [5.41, 5.74) is 1.23. The summed E-state index contributed by atoms with van der Waals surface area (Å²) in [7, 11) is 0. The summed E-state index contributed by atoms with van der Waals surface area (Å²) < 4.78 is 0. The van der Waals surface area contributed by atoms with Gasteiger partial charge < -0.3 is 5.32 Å². The third kappa shape index (κ3) is 3.39. The third-order valence-corrected chi connectivity index (χ3v) is 5.49. The van der Waals surface area contributed by atoms with Crippen LogP contribution in [0.2, 0.25) is 0 Å². The fourth-order valence-electron chi connectivity index (χ4n) is 4.38. The molecule has 3 heterocycles. The van der Waals surface area contributed by atoms with Crippen LogP contribution >= 0.6 is 0 Å². The number of fused-ring (bicyclic) bond motifs is 1. The van der Waals surface area contributed by atoms with Crippen molar-refractivity contribution >= 4 is 5.82 Å². The molecule has 2 aromatic heterocycles. The summed E-state index contributed by atoms with van der Waals surface area (Å²) in [6.45, 7) is 4.52. The summed E-state index contributed by atoms with van der Waals surface area (Å²) in [5, 5.41) is 10.7. The number of hydrogen-bond donors (Lipinski definition) is 2. The molecule has 0 unspecified atom stereocenters. The van der Waals surface area contributed by atoms with Gasteiger partial charge in [0.15, 0.2) is 0 Å². The largest absolute Gasteiger partial charge is 0.370 e. The zero-order valence-electron chi connectivity index (χ0n) is 13.5. The standard InChI is InChI=1S/C18H25N5/c1-2-8-19-18(6-1)20-10-14-4-3-5-15-11-23(13-17(14)15)12-16-7-9-21-22-16/h1-2,6-9,14-15,17H,3-5,10-13H2,(H,19,20)(H,21,22)/t14-,15+,17+/m0/s1. The first-order valence-corrected chi connectivity index (χ1v) is 8.74. The molecule has 1 saturated heterocycles. The van der Waals surface area contributed by atoms with Gasteiger partial charge in [-0.25, -0.2) is 4.98 Å². The number of anilines is 1. The lowest BCUT2D eigenvalue weighted by atomic mass is 9.74. The van der Waals surface area contributed by atoms with Crippen molar-refractivity contribution in [1.82, 2.24) is 20.1 Å². The highest BCUT2D eigenvalue weighted by Gasteiger charge is 2.39. The maximum atomic E-state index is 4.38. The van der Waals surface area contributed by atoms with E-state index in [-0.39, 0.29) is 0 Å². The molecule has 0 radical (unpaired) electrons. The number of aromatic nitrogens is 3. The van der Waals surface area contributed by atoms with Gasteiger partial charge in [0.25, 0.3) is 0 Å². The summed E-state index contributed by atoms with van der Waals surface area (Å²) in [6, 6.07) is 8.15. The first kappa shape index (κ1) is 14.7. The number of H-pyrrole nitrogens is 1. The van der Waals surface area contributed by atoms with Gasteiger partial charge in [0.05, 0.1) is 0 Å². The van der Waals surface area contributed by atoms with Gasteiger partial charge in [-0.1, -0.05) is 12.5 Å². The molecule has 5 nitrogen and oxygen atoms in total. The van der Waals surface area contributed by atoms with E-state index >= 15 is 0 Å². The van der Waals surface area contributed by atoms with Gasteiger partial charge in [-0.2, -0.15) is 5.10 Å². The van der Waals surface area contributed by atoms with Crippen molar-refractivity contribution in [1.29, 1.82) is 0 Å². The number of pyridine rings is 1. The van der Waals surface area contributed by atoms with Crippen LogP contribution in [-0.4, -0.2) is 39.7 Å². The van der Waals surface area contributed by atoms with Crippen LogP contribution in [0.5, 0.6) is 0 Å². The van der Waals surface area contributed by atoms with E-state index in [9.17, 15) is 0 Å². The van der Waals surface area contributed by atoms with Crippen molar-refractivity contribution in [2.45, 2.75) is 25.8 Å². The van der Waals surface area contributed by atoms with Gasteiger partial charge in [-0.05, 0) is 48.8 Å². The van der Waals surface area contributed by atoms with Gasteiger partial charge in [0, 0.05) is 44.3 Å². The van der Waals surface area contributed by atoms with E-state index in [1.165, 1.54) is 38.0 Å². The molecule has 122 valence electrons. The van der Waals surface area contributed by atoms with Crippen LogP contribution in [-0.2, 0) is 6.54 Å². The fourth-order valence-corrected chi connectivity index (χ4v) is 4.38. The predicted molar refractivity (Wildman–Crippen MR) is 90.9 cm³/mol. The monoisotopic (exact) mass is 311 g/mol. The molecule has 2 fully saturated rings. The molecule has 1 aliphatic heterocycles. The Balaban J connectivity index is 1.35. The minimum Gasteiger partial charge on any atom is -0.370 e. The Labute approximate surface area is 137 Å². The van der Waals surface area contributed by atoms with Gasteiger partial charge in [0.2, 0.25) is 0 Å². The number of hydrogen-bond acceptors (Lipinski definition) is 4. The second-order valence-corrected chi connectivity index (χ2v) is 6.99. The highest BCUT2D eigenvalue weighted by molar-refractivity contribution is 5.33. The Morgan fingerprint density at radius 2 is 2.17 bits per heavy atom. The SMILES string of the molecule is c1ccc(NC[C@@H]2CCC[C@@H]3CN(Cc4ccn[nH]4)C[C@@H]32)nc1. The van der Waals surface area contributed by atoms with Gasteiger partial charge in [0.1, 0.15) is 5.82 Å². The van der Waals surface area contributed by atoms with E-state index in [4.69, 9.17) is 0 Å². The highest BCUT2D eigenvalue weighted by atomic mass is 15.2. The second kappa shape index (κ2) is 6.71. The van der Waals surface area contributed by atoms with Crippen LogP contribution in [0.4, 0.5) is 5.82 Å². The van der Waals surface area contributed by atoms with Crippen LogP contribution in [0.3, 0.4) is 0 Å². The Morgan fingerprint density at radius 3 is 3.00 bits per heavy atom. The molecule has 3 atom stereocenters. The van der Waals surface area contributed by atoms with Crippen molar-refractivity contribution in [3.63, 3.8) is 0 Å². The average Bonchev–Trinajstić information content (AvgIpc) is 3.23. The molecule has 0 amide bonds. The number of likely N-dealkylation sites (tertiary alicyclic amines) is 1. The molecular weight excluding hydrogens is 286 g/mol. The van der Waals surface area contributed by atoms with Crippen LogP contribution in [0, 0.1) is 17.8 Å². The van der Waals surface area contributed by atoms with E-state index in [1.807, 2.05) is 24.5 Å². The molecule has 1 saturated carbocycles. The molecule has 2 aliphatic rings. The Bertz CT molecular complexity index is 597. The molecule has 5 heteroatoms. The zero-order chi connectivity index (χ0) is 15.5. The summed E-state index contributed by atoms with van der Waals surface area (Å²) in [4.78, 5) is 6.98. The number of aromatic amines is 1. The zero-order valence-corrected chi connectivity index (χ0v) is 13.5. The second-order valence-electron chi connectivity index (χ2n) is 6.99. The third-order valence-electron chi connectivity index (χ3n) is 5.49. The number of nitrogens with zero attached hydrogens (tertiary/aromatic N) is 3. The average molecular weight is 311 g/mol. The Kier molecular flexibility index (Phi) is 4.28. The van der Waals surface area contributed by atoms with Crippen molar-refractivity contribution in [3.05, 3.63) is 42.4 Å². The molecule has 0 bridgehead atoms. The normalized spacial score (nSPS) is 27.7. The molecule has 23 heavy (non-hydrogen) atoms. The minimum atomic E-state index is 0.766. The lowest BCUT2D eigenvalue weighted by Crippen LogP contribution is -2.32. The fraction of sp³-hybridized carbons (Fsp3) is 0.556. The summed E-state index contributed by atoms with van der Waals surface area (Å²) in [5.74, 6) is 3.45. The minimum absolute atomic E-state index is 0.766. The van der Waals surface area contributed by atoms with E-state index in [0.717, 1.165) is 36.7 Å². The van der Waals surface area contributed by atoms with Gasteiger partial charge in [-0.3, -0.25) is 10.00 Å². The van der Waals surface area contributed by atoms with Gasteiger partial charge in [-0.15, -0.1) is 0 Å². The van der Waals surface area contributed by atoms with Crippen molar-refractivity contribution in [3.8, 4) is 0 Å². The van der Waals surface area contributed by atoms with Crippen LogP contribution in [0.1, 0.15) is 25.0 Å². The first-order chi connectivity index (χ1) is 11.4. The van der Waals surface area contributed by atoms with E-state index in [1.54, 1.807) is 0 Å². The Morgan fingerprint density at radius 1 is 1.17 bits per heavy atom. The first-order valence-electron chi connectivity index (χ1n) is 8.74. The van der Waals surface area contributed by atoms with Crippen molar-refractivity contribution < 1.29 is 0 Å². The Hall–Kier alpha value is -1.88. The van der Waals surface area contributed by atoms with E-state index in [0.29, 0.717) is 0 Å². The maximum absolute atomic E-state index is 4.38. The topological polar surface area (TPSA) is 56.8 Å². The lowest BCUT2D eigenvalue weighted by Gasteiger charge is -2.33. The molecule has 0 spiro atoms. The molecule has 2 N–H and O–H groups in total. The maximum Gasteiger partial charge on any atom is 0.125 e. The smallest absolute Gasteiger partial charge is 0.125 e. The molecular formula is C18H25N5. The number of nitrogens with one attached hydrogen (secondary N) is 2. The van der Waals surface area contributed by atoms with Gasteiger partial charge >= 0.3 is 0 Å². The molecule has 4 rings (SSSR count). The van der Waals surface area contributed by atoms with Crippen molar-refractivity contribution in [2.24, 2.45) is 17.8 Å². The highest BCUT2D eigenvalue weighted by Crippen LogP contribution is 2.40. The molecule has 0 aromatic carbocycles. The summed E-state index contributed by atoms with van der Waals surface area (Å²) >= 11 is 0. The van der Waals surface area contributed by atoms with E-state index < -0.39 is 0 Å². The van der Waals surface area contributed by atoms with Crippen LogP contribution in [0.15, 0.2) is 36.7 Å². The predicted octanol–water partition coefficient (Wildman–Crippen LogP) is 2.76. The van der Waals surface area contributed by atoms with E-state index in [2.05, 4.69) is 37.5 Å².